The standard InChI is InChI=1S/C22H27NO5/c1-15(24)23-11-10-18-14-22(28-5)21(27-4)13-17(18)8-6-16-7-9-19(25-2)20(12-16)26-3/h6-9,12-14H,10-11H2,1-5H3,(H,23,24)/b8-6+. The molecule has 2 aromatic carbocycles. The lowest BCUT2D eigenvalue weighted by molar-refractivity contribution is -0.118. The fourth-order valence-corrected chi connectivity index (χ4v) is 2.82. The third-order valence-corrected chi connectivity index (χ3v) is 4.28. The van der Waals surface area contributed by atoms with Crippen molar-refractivity contribution >= 4 is 18.1 Å². The number of carbonyl (C=O) groups is 1. The van der Waals surface area contributed by atoms with Gasteiger partial charge in [-0.05, 0) is 47.4 Å². The van der Waals surface area contributed by atoms with E-state index in [0.717, 1.165) is 16.7 Å². The first-order chi connectivity index (χ1) is 13.5. The first kappa shape index (κ1) is 21.2. The number of hydrogen-bond donors (Lipinski definition) is 1. The Labute approximate surface area is 166 Å². The molecule has 0 unspecified atom stereocenters. The van der Waals surface area contributed by atoms with Gasteiger partial charge < -0.3 is 24.3 Å². The van der Waals surface area contributed by atoms with Crippen LogP contribution in [0, 0.1) is 0 Å². The fraction of sp³-hybridized carbons (Fsp3) is 0.318. The van der Waals surface area contributed by atoms with Crippen LogP contribution in [0.4, 0.5) is 0 Å². The molecule has 0 aliphatic heterocycles. The zero-order valence-corrected chi connectivity index (χ0v) is 17.0. The Hall–Kier alpha value is -3.15. The van der Waals surface area contributed by atoms with E-state index in [0.29, 0.717) is 36.0 Å². The summed E-state index contributed by atoms with van der Waals surface area (Å²) < 4.78 is 21.5. The van der Waals surface area contributed by atoms with Crippen LogP contribution in [0.25, 0.3) is 12.2 Å². The third-order valence-electron chi connectivity index (χ3n) is 4.28. The summed E-state index contributed by atoms with van der Waals surface area (Å²) in [5.74, 6) is 2.61. The molecular formula is C22H27NO5. The SMILES string of the molecule is COc1ccc(/C=C/c2cc(OC)c(OC)cc2CCNC(C)=O)cc1OC. The van der Waals surface area contributed by atoms with E-state index in [-0.39, 0.29) is 5.91 Å². The molecule has 0 fully saturated rings. The van der Waals surface area contributed by atoms with E-state index < -0.39 is 0 Å². The highest BCUT2D eigenvalue weighted by Crippen LogP contribution is 2.32. The van der Waals surface area contributed by atoms with Gasteiger partial charge in [0.1, 0.15) is 0 Å². The lowest BCUT2D eigenvalue weighted by Gasteiger charge is -2.13. The summed E-state index contributed by atoms with van der Waals surface area (Å²) in [4.78, 5) is 11.2. The molecule has 0 aliphatic carbocycles. The summed E-state index contributed by atoms with van der Waals surface area (Å²) >= 11 is 0. The molecule has 0 aromatic heterocycles. The number of ether oxygens (including phenoxy) is 4. The van der Waals surface area contributed by atoms with Crippen molar-refractivity contribution in [2.75, 3.05) is 35.0 Å². The molecule has 1 amide bonds. The van der Waals surface area contributed by atoms with Crippen molar-refractivity contribution in [2.24, 2.45) is 0 Å². The summed E-state index contributed by atoms with van der Waals surface area (Å²) in [5, 5.41) is 2.82. The number of carbonyl (C=O) groups excluding carboxylic acids is 1. The van der Waals surface area contributed by atoms with Crippen molar-refractivity contribution in [2.45, 2.75) is 13.3 Å². The molecule has 150 valence electrons. The van der Waals surface area contributed by atoms with Crippen molar-refractivity contribution in [1.82, 2.24) is 5.32 Å². The number of methoxy groups -OCH3 is 4. The van der Waals surface area contributed by atoms with Gasteiger partial charge in [-0.3, -0.25) is 4.79 Å². The predicted octanol–water partition coefficient (Wildman–Crippen LogP) is 3.57. The van der Waals surface area contributed by atoms with Gasteiger partial charge in [-0.1, -0.05) is 18.2 Å². The van der Waals surface area contributed by atoms with Gasteiger partial charge in [-0.25, -0.2) is 0 Å². The highest BCUT2D eigenvalue weighted by molar-refractivity contribution is 5.74. The molecule has 0 heterocycles. The van der Waals surface area contributed by atoms with E-state index in [2.05, 4.69) is 5.32 Å². The van der Waals surface area contributed by atoms with Gasteiger partial charge in [0.2, 0.25) is 5.91 Å². The van der Waals surface area contributed by atoms with Crippen LogP contribution in [0.5, 0.6) is 23.0 Å². The molecule has 6 heteroatoms. The topological polar surface area (TPSA) is 66.0 Å². The summed E-state index contributed by atoms with van der Waals surface area (Å²) in [6, 6.07) is 9.60. The lowest BCUT2D eigenvalue weighted by Crippen LogP contribution is -2.22. The van der Waals surface area contributed by atoms with Gasteiger partial charge in [0, 0.05) is 13.5 Å². The van der Waals surface area contributed by atoms with Gasteiger partial charge >= 0.3 is 0 Å². The average Bonchev–Trinajstić information content (AvgIpc) is 2.71. The molecule has 1 N–H and O–H groups in total. The molecule has 2 rings (SSSR count). The second-order valence-corrected chi connectivity index (χ2v) is 6.09. The van der Waals surface area contributed by atoms with Gasteiger partial charge in [0.05, 0.1) is 28.4 Å². The minimum absolute atomic E-state index is 0.0529. The summed E-state index contributed by atoms with van der Waals surface area (Å²) in [6.45, 7) is 2.05. The molecule has 2 aromatic rings. The largest absolute Gasteiger partial charge is 0.493 e. The molecular weight excluding hydrogens is 358 g/mol. The van der Waals surface area contributed by atoms with E-state index in [1.54, 1.807) is 28.4 Å². The van der Waals surface area contributed by atoms with E-state index in [1.165, 1.54) is 6.92 Å². The molecule has 0 saturated heterocycles. The quantitative estimate of drug-likeness (QED) is 0.669. The summed E-state index contributed by atoms with van der Waals surface area (Å²) in [6.07, 6.45) is 4.67. The Morgan fingerprint density at radius 2 is 1.46 bits per heavy atom. The predicted molar refractivity (Wildman–Crippen MR) is 110 cm³/mol. The van der Waals surface area contributed by atoms with Crippen molar-refractivity contribution < 1.29 is 23.7 Å². The minimum atomic E-state index is -0.0529. The molecule has 0 radical (unpaired) electrons. The van der Waals surface area contributed by atoms with Gasteiger partial charge in [-0.2, -0.15) is 0 Å². The number of benzene rings is 2. The van der Waals surface area contributed by atoms with Crippen molar-refractivity contribution in [3.8, 4) is 23.0 Å². The molecule has 0 atom stereocenters. The van der Waals surface area contributed by atoms with Crippen LogP contribution in [-0.4, -0.2) is 40.9 Å². The van der Waals surface area contributed by atoms with Crippen molar-refractivity contribution in [3.63, 3.8) is 0 Å². The lowest BCUT2D eigenvalue weighted by atomic mass is 10.0. The zero-order chi connectivity index (χ0) is 20.5. The third kappa shape index (κ3) is 5.42. The van der Waals surface area contributed by atoms with Crippen LogP contribution >= 0.6 is 0 Å². The van der Waals surface area contributed by atoms with E-state index >= 15 is 0 Å². The van der Waals surface area contributed by atoms with Crippen LogP contribution in [0.3, 0.4) is 0 Å². The number of nitrogens with one attached hydrogen (secondary N) is 1. The second-order valence-electron chi connectivity index (χ2n) is 6.09. The minimum Gasteiger partial charge on any atom is -0.493 e. The van der Waals surface area contributed by atoms with Crippen LogP contribution in [0.15, 0.2) is 30.3 Å². The maximum absolute atomic E-state index is 11.2. The molecule has 6 nitrogen and oxygen atoms in total. The Morgan fingerprint density at radius 1 is 0.857 bits per heavy atom. The van der Waals surface area contributed by atoms with E-state index in [1.807, 2.05) is 42.5 Å². The van der Waals surface area contributed by atoms with Crippen LogP contribution in [0.2, 0.25) is 0 Å². The monoisotopic (exact) mass is 385 g/mol. The van der Waals surface area contributed by atoms with Crippen LogP contribution < -0.4 is 24.3 Å². The second kappa shape index (κ2) is 10.3. The zero-order valence-electron chi connectivity index (χ0n) is 17.0. The van der Waals surface area contributed by atoms with E-state index in [4.69, 9.17) is 18.9 Å². The first-order valence-corrected chi connectivity index (χ1v) is 8.91. The maximum atomic E-state index is 11.2. The molecule has 0 bridgehead atoms. The molecule has 0 saturated carbocycles. The molecule has 0 aliphatic rings. The Kier molecular flexibility index (Phi) is 7.75. The van der Waals surface area contributed by atoms with Crippen molar-refractivity contribution in [3.05, 3.63) is 47.0 Å². The van der Waals surface area contributed by atoms with Crippen LogP contribution in [-0.2, 0) is 11.2 Å². The first-order valence-electron chi connectivity index (χ1n) is 8.91. The Balaban J connectivity index is 2.36. The highest BCUT2D eigenvalue weighted by Gasteiger charge is 2.10. The number of hydrogen-bond acceptors (Lipinski definition) is 5. The van der Waals surface area contributed by atoms with Gasteiger partial charge in [0.25, 0.3) is 0 Å². The Morgan fingerprint density at radius 3 is 2.07 bits per heavy atom. The van der Waals surface area contributed by atoms with E-state index in [9.17, 15) is 4.79 Å². The smallest absolute Gasteiger partial charge is 0.216 e. The van der Waals surface area contributed by atoms with Crippen molar-refractivity contribution in [1.29, 1.82) is 0 Å². The highest BCUT2D eigenvalue weighted by atomic mass is 16.5. The fourth-order valence-electron chi connectivity index (χ4n) is 2.82. The maximum Gasteiger partial charge on any atom is 0.216 e. The summed E-state index contributed by atoms with van der Waals surface area (Å²) in [7, 11) is 6.43. The van der Waals surface area contributed by atoms with Crippen LogP contribution in [0.1, 0.15) is 23.6 Å². The molecule has 28 heavy (non-hydrogen) atoms. The number of amides is 1. The molecule has 0 spiro atoms. The van der Waals surface area contributed by atoms with Gasteiger partial charge in [0.15, 0.2) is 23.0 Å². The average molecular weight is 385 g/mol. The Bertz CT molecular complexity index is 845. The number of rotatable bonds is 9. The normalized spacial score (nSPS) is 10.6. The van der Waals surface area contributed by atoms with Gasteiger partial charge in [-0.15, -0.1) is 0 Å². The summed E-state index contributed by atoms with van der Waals surface area (Å²) in [5.41, 5.74) is 3.00.